The Kier molecular flexibility index (Phi) is 10.1. The third-order valence-electron chi connectivity index (χ3n) is 7.30. The minimum Gasteiger partial charge on any atom is -0.489 e. The lowest BCUT2D eigenvalue weighted by Gasteiger charge is -2.21. The molecule has 1 aliphatic rings. The molecule has 4 aromatic carbocycles. The van der Waals surface area contributed by atoms with Gasteiger partial charge in [0.2, 0.25) is 0 Å². The van der Waals surface area contributed by atoms with Gasteiger partial charge in [0.05, 0.1) is 23.4 Å². The van der Waals surface area contributed by atoms with Gasteiger partial charge in [-0.3, -0.25) is 4.79 Å². The summed E-state index contributed by atoms with van der Waals surface area (Å²) < 4.78 is 46.0. The Bertz CT molecular complexity index is 1780. The molecule has 4 N–H and O–H groups in total. The summed E-state index contributed by atoms with van der Waals surface area (Å²) in [6, 6.07) is 32.3. The SMILES string of the molecule is N#Cc1cccc(N=C(C=C(N)C(F)(F)F)C(=O)Nc2cccc(C(NCC3CC3)c3cccc(OCc4ccccc4)c3)c2)c1. The predicted octanol–water partition coefficient (Wildman–Crippen LogP) is 7.34. The average molecular weight is 624 g/mol. The van der Waals surface area contributed by atoms with Gasteiger partial charge in [0.25, 0.3) is 5.91 Å². The second-order valence-corrected chi connectivity index (χ2v) is 11.0. The predicted molar refractivity (Wildman–Crippen MR) is 171 cm³/mol. The highest BCUT2D eigenvalue weighted by Crippen LogP contribution is 2.32. The zero-order chi connectivity index (χ0) is 32.5. The summed E-state index contributed by atoms with van der Waals surface area (Å²) in [6.07, 6.45) is -2.07. The molecule has 0 aromatic heterocycles. The molecule has 0 radical (unpaired) electrons. The fourth-order valence-corrected chi connectivity index (χ4v) is 4.71. The Labute approximate surface area is 265 Å². The van der Waals surface area contributed by atoms with E-state index in [0.717, 1.165) is 36.1 Å². The summed E-state index contributed by atoms with van der Waals surface area (Å²) in [5, 5.41) is 15.5. The van der Waals surface area contributed by atoms with Crippen LogP contribution in [0.2, 0.25) is 0 Å². The molecule has 1 fully saturated rings. The van der Waals surface area contributed by atoms with Crippen molar-refractivity contribution in [1.82, 2.24) is 5.32 Å². The number of hydrogen-bond acceptors (Lipinski definition) is 6. The third kappa shape index (κ3) is 9.06. The van der Waals surface area contributed by atoms with Crippen LogP contribution in [0.3, 0.4) is 0 Å². The van der Waals surface area contributed by atoms with Crippen molar-refractivity contribution in [3.63, 3.8) is 0 Å². The lowest BCUT2D eigenvalue weighted by molar-refractivity contribution is -0.110. The third-order valence-corrected chi connectivity index (χ3v) is 7.30. The number of nitrogens with zero attached hydrogens (tertiary/aromatic N) is 2. The van der Waals surface area contributed by atoms with Crippen molar-refractivity contribution in [3.8, 4) is 11.8 Å². The molecular formula is C36H32F3N5O2. The monoisotopic (exact) mass is 623 g/mol. The first kappa shape index (κ1) is 32.0. The van der Waals surface area contributed by atoms with Crippen LogP contribution in [-0.2, 0) is 11.4 Å². The maximum absolute atomic E-state index is 13.3. The number of nitrogens with two attached hydrogens (primary N) is 1. The lowest BCUT2D eigenvalue weighted by atomic mass is 9.97. The Morgan fingerprint density at radius 3 is 2.41 bits per heavy atom. The van der Waals surface area contributed by atoms with Crippen LogP contribution in [0, 0.1) is 17.2 Å². The Balaban J connectivity index is 1.41. The highest BCUT2D eigenvalue weighted by Gasteiger charge is 2.32. The van der Waals surface area contributed by atoms with Crippen LogP contribution < -0.4 is 21.1 Å². The molecule has 0 aliphatic heterocycles. The summed E-state index contributed by atoms with van der Waals surface area (Å²) >= 11 is 0. The number of amides is 1. The molecule has 5 rings (SSSR count). The number of nitriles is 1. The molecule has 0 heterocycles. The standard InChI is InChI=1S/C36H32F3N5O2/c37-36(38,39)33(41)20-32(43-29-12-4-9-26(17-29)21-40)35(45)44-30-13-5-10-27(18-30)34(42-22-24-15-16-24)28-11-6-14-31(19-28)46-23-25-7-2-1-3-8-25/h1-14,17-20,24,34,42H,15-16,22-23,41H2,(H,44,45). The average Bonchev–Trinajstić information content (AvgIpc) is 3.89. The highest BCUT2D eigenvalue weighted by atomic mass is 19.4. The van der Waals surface area contributed by atoms with Gasteiger partial charge < -0.3 is 21.1 Å². The lowest BCUT2D eigenvalue weighted by Crippen LogP contribution is -2.27. The van der Waals surface area contributed by atoms with Gasteiger partial charge in [-0.25, -0.2) is 4.99 Å². The van der Waals surface area contributed by atoms with Crippen LogP contribution in [0.1, 0.15) is 41.1 Å². The molecule has 10 heteroatoms. The van der Waals surface area contributed by atoms with E-state index >= 15 is 0 Å². The number of anilines is 1. The molecular weight excluding hydrogens is 591 g/mol. The van der Waals surface area contributed by atoms with E-state index < -0.39 is 23.5 Å². The van der Waals surface area contributed by atoms with Crippen LogP contribution in [0.15, 0.2) is 120 Å². The number of allylic oxidation sites excluding steroid dienone is 1. The van der Waals surface area contributed by atoms with E-state index in [4.69, 9.17) is 10.5 Å². The van der Waals surface area contributed by atoms with Crippen LogP contribution in [0.5, 0.6) is 5.75 Å². The number of ether oxygens (including phenoxy) is 1. The van der Waals surface area contributed by atoms with Crippen molar-refractivity contribution in [2.45, 2.75) is 31.7 Å². The van der Waals surface area contributed by atoms with Gasteiger partial charge in [0, 0.05) is 5.69 Å². The van der Waals surface area contributed by atoms with Crippen molar-refractivity contribution < 1.29 is 22.7 Å². The number of nitrogens with one attached hydrogen (secondary N) is 2. The number of alkyl halides is 3. The van der Waals surface area contributed by atoms with Crippen molar-refractivity contribution in [3.05, 3.63) is 137 Å². The van der Waals surface area contributed by atoms with Crippen LogP contribution in [0.25, 0.3) is 0 Å². The van der Waals surface area contributed by atoms with Crippen LogP contribution in [0.4, 0.5) is 24.5 Å². The Morgan fingerprint density at radius 1 is 0.978 bits per heavy atom. The van der Waals surface area contributed by atoms with Gasteiger partial charge >= 0.3 is 6.18 Å². The van der Waals surface area contributed by atoms with E-state index in [-0.39, 0.29) is 17.3 Å². The molecule has 1 atom stereocenters. The highest BCUT2D eigenvalue weighted by molar-refractivity contribution is 6.47. The number of benzene rings is 4. The number of aliphatic imine (C=N–C) groups is 1. The van der Waals surface area contributed by atoms with Gasteiger partial charge in [-0.05, 0) is 90.5 Å². The number of carbonyl (C=O) groups is 1. The maximum Gasteiger partial charge on any atom is 0.430 e. The van der Waals surface area contributed by atoms with Gasteiger partial charge in [-0.1, -0.05) is 60.7 Å². The molecule has 1 unspecified atom stereocenters. The summed E-state index contributed by atoms with van der Waals surface area (Å²) in [5.41, 5.74) is 6.77. The normalized spacial score (nSPS) is 14.3. The minimum atomic E-state index is -4.87. The van der Waals surface area contributed by atoms with Gasteiger partial charge in [0.1, 0.15) is 23.8 Å². The first-order chi connectivity index (χ1) is 22.2. The molecule has 0 bridgehead atoms. The molecule has 4 aromatic rings. The number of hydrogen-bond donors (Lipinski definition) is 3. The number of halogens is 3. The number of rotatable bonds is 12. The maximum atomic E-state index is 13.3. The smallest absolute Gasteiger partial charge is 0.430 e. The second kappa shape index (κ2) is 14.6. The zero-order valence-corrected chi connectivity index (χ0v) is 24.8. The van der Waals surface area contributed by atoms with E-state index in [1.165, 1.54) is 24.3 Å². The van der Waals surface area contributed by atoms with Crippen molar-refractivity contribution in [1.29, 1.82) is 5.26 Å². The van der Waals surface area contributed by atoms with Gasteiger partial charge in [-0.15, -0.1) is 0 Å². The minimum absolute atomic E-state index is 0.128. The van der Waals surface area contributed by atoms with E-state index in [0.29, 0.717) is 30.0 Å². The molecule has 1 saturated carbocycles. The summed E-state index contributed by atoms with van der Waals surface area (Å²) in [6.45, 7) is 1.22. The van der Waals surface area contributed by atoms with Crippen molar-refractivity contribution in [2.24, 2.45) is 16.6 Å². The topological polar surface area (TPSA) is 113 Å². The van der Waals surface area contributed by atoms with E-state index in [2.05, 4.69) is 15.6 Å². The van der Waals surface area contributed by atoms with E-state index in [9.17, 15) is 23.2 Å². The molecule has 1 amide bonds. The first-order valence-electron chi connectivity index (χ1n) is 14.7. The fraction of sp³-hybridized carbons (Fsp3) is 0.194. The Morgan fingerprint density at radius 2 is 1.70 bits per heavy atom. The molecule has 46 heavy (non-hydrogen) atoms. The van der Waals surface area contributed by atoms with Crippen molar-refractivity contribution in [2.75, 3.05) is 11.9 Å². The van der Waals surface area contributed by atoms with Crippen LogP contribution in [-0.4, -0.2) is 24.3 Å². The summed E-state index contributed by atoms with van der Waals surface area (Å²) in [5.74, 6) is 0.400. The fourth-order valence-electron chi connectivity index (χ4n) is 4.71. The second-order valence-electron chi connectivity index (χ2n) is 11.0. The first-order valence-corrected chi connectivity index (χ1v) is 14.7. The quantitative estimate of drug-likeness (QED) is 0.143. The largest absolute Gasteiger partial charge is 0.489 e. The molecule has 7 nitrogen and oxygen atoms in total. The molecule has 0 saturated heterocycles. The molecule has 0 spiro atoms. The summed E-state index contributed by atoms with van der Waals surface area (Å²) in [7, 11) is 0. The summed E-state index contributed by atoms with van der Waals surface area (Å²) in [4.78, 5) is 17.4. The van der Waals surface area contributed by atoms with Gasteiger partial charge in [0.15, 0.2) is 0 Å². The zero-order valence-electron chi connectivity index (χ0n) is 24.8. The number of carbonyl (C=O) groups excluding carboxylic acids is 1. The van der Waals surface area contributed by atoms with Crippen molar-refractivity contribution >= 4 is 23.0 Å². The van der Waals surface area contributed by atoms with E-state index in [1.54, 1.807) is 18.2 Å². The van der Waals surface area contributed by atoms with Crippen LogP contribution >= 0.6 is 0 Å². The molecule has 1 aliphatic carbocycles. The van der Waals surface area contributed by atoms with Gasteiger partial charge in [-0.2, -0.15) is 18.4 Å². The Hall–Kier alpha value is -5.40. The molecule has 234 valence electrons. The van der Waals surface area contributed by atoms with E-state index in [1.807, 2.05) is 66.7 Å².